The lowest BCUT2D eigenvalue weighted by Crippen LogP contribution is -2.32. The molecule has 0 aliphatic heterocycles. The van der Waals surface area contributed by atoms with Crippen LogP contribution in [0, 0.1) is 11.8 Å². The van der Waals surface area contributed by atoms with Crippen molar-refractivity contribution in [3.63, 3.8) is 0 Å². The van der Waals surface area contributed by atoms with Crippen molar-refractivity contribution in [2.24, 2.45) is 11.8 Å². The molecular weight excluding hydrogens is 234 g/mol. The molecule has 1 heterocycles. The monoisotopic (exact) mass is 261 g/mol. The van der Waals surface area contributed by atoms with Crippen molar-refractivity contribution in [1.82, 2.24) is 5.32 Å². The molecule has 2 saturated carbocycles. The number of rotatable bonds is 6. The van der Waals surface area contributed by atoms with Crippen molar-refractivity contribution < 1.29 is 4.42 Å². The zero-order valence-corrected chi connectivity index (χ0v) is 12.1. The zero-order valence-electron chi connectivity index (χ0n) is 12.1. The number of nitrogens with one attached hydrogen (secondary N) is 1. The Kier molecular flexibility index (Phi) is 4.27. The molecule has 3 unspecified atom stereocenters. The van der Waals surface area contributed by atoms with Crippen LogP contribution in [0.25, 0.3) is 0 Å². The highest BCUT2D eigenvalue weighted by Gasteiger charge is 2.33. The Balaban J connectivity index is 1.63. The predicted molar refractivity (Wildman–Crippen MR) is 78.2 cm³/mol. The van der Waals surface area contributed by atoms with Crippen LogP contribution in [0.5, 0.6) is 0 Å². The van der Waals surface area contributed by atoms with Crippen LogP contribution in [0.3, 0.4) is 0 Å². The van der Waals surface area contributed by atoms with Gasteiger partial charge in [0.05, 0.1) is 6.26 Å². The first-order chi connectivity index (χ1) is 9.36. The van der Waals surface area contributed by atoms with Gasteiger partial charge in [-0.1, -0.05) is 26.2 Å². The summed E-state index contributed by atoms with van der Waals surface area (Å²) >= 11 is 0. The molecule has 19 heavy (non-hydrogen) atoms. The second kappa shape index (κ2) is 6.13. The summed E-state index contributed by atoms with van der Waals surface area (Å²) < 4.78 is 5.72. The molecule has 3 rings (SSSR count). The van der Waals surface area contributed by atoms with Crippen molar-refractivity contribution in [3.8, 4) is 0 Å². The fraction of sp³-hybridized carbons (Fsp3) is 0.765. The van der Waals surface area contributed by atoms with Gasteiger partial charge < -0.3 is 9.73 Å². The zero-order chi connectivity index (χ0) is 13.1. The molecule has 0 radical (unpaired) electrons. The third kappa shape index (κ3) is 3.42. The van der Waals surface area contributed by atoms with E-state index in [4.69, 9.17) is 4.42 Å². The van der Waals surface area contributed by atoms with Crippen molar-refractivity contribution >= 4 is 0 Å². The predicted octanol–water partition coefficient (Wildman–Crippen LogP) is 4.33. The molecule has 0 aromatic carbocycles. The van der Waals surface area contributed by atoms with Crippen LogP contribution in [0.2, 0.25) is 0 Å². The largest absolute Gasteiger partial charge is 0.469 e. The minimum atomic E-state index is 0.645. The summed E-state index contributed by atoms with van der Waals surface area (Å²) in [5.41, 5.74) is 0. The average molecular weight is 261 g/mol. The summed E-state index contributed by atoms with van der Waals surface area (Å²) in [7, 11) is 0. The summed E-state index contributed by atoms with van der Waals surface area (Å²) in [4.78, 5) is 0. The molecule has 106 valence electrons. The quantitative estimate of drug-likeness (QED) is 0.824. The Hall–Kier alpha value is -0.760. The summed E-state index contributed by atoms with van der Waals surface area (Å²) in [5.74, 6) is 3.56. The molecule has 2 heteroatoms. The molecule has 0 amide bonds. The van der Waals surface area contributed by atoms with Crippen molar-refractivity contribution in [2.75, 3.05) is 6.54 Å². The van der Waals surface area contributed by atoms with Gasteiger partial charge in [-0.15, -0.1) is 0 Å². The van der Waals surface area contributed by atoms with Gasteiger partial charge in [0.1, 0.15) is 5.76 Å². The van der Waals surface area contributed by atoms with Crippen LogP contribution in [0.15, 0.2) is 22.8 Å². The van der Waals surface area contributed by atoms with Gasteiger partial charge in [-0.25, -0.2) is 0 Å². The minimum absolute atomic E-state index is 0.645. The highest BCUT2D eigenvalue weighted by molar-refractivity contribution is 5.09. The highest BCUT2D eigenvalue weighted by Crippen LogP contribution is 2.42. The van der Waals surface area contributed by atoms with Crippen molar-refractivity contribution in [3.05, 3.63) is 24.2 Å². The second-order valence-corrected chi connectivity index (χ2v) is 6.53. The maximum absolute atomic E-state index is 5.72. The molecule has 1 N–H and O–H groups in total. The van der Waals surface area contributed by atoms with Crippen LogP contribution in [-0.4, -0.2) is 12.6 Å². The van der Waals surface area contributed by atoms with Crippen LogP contribution >= 0.6 is 0 Å². The first-order valence-electron chi connectivity index (χ1n) is 8.13. The fourth-order valence-electron chi connectivity index (χ4n) is 3.69. The van der Waals surface area contributed by atoms with E-state index in [2.05, 4.69) is 18.3 Å². The Morgan fingerprint density at radius 3 is 2.84 bits per heavy atom. The van der Waals surface area contributed by atoms with E-state index >= 15 is 0 Å². The summed E-state index contributed by atoms with van der Waals surface area (Å²) in [6.07, 6.45) is 11.4. The van der Waals surface area contributed by atoms with Gasteiger partial charge in [0.15, 0.2) is 0 Å². The maximum Gasteiger partial charge on any atom is 0.107 e. The molecule has 0 spiro atoms. The van der Waals surface area contributed by atoms with Crippen LogP contribution in [-0.2, 0) is 0 Å². The maximum atomic E-state index is 5.72. The van der Waals surface area contributed by atoms with E-state index < -0.39 is 0 Å². The fourth-order valence-corrected chi connectivity index (χ4v) is 3.69. The molecule has 2 aliphatic rings. The molecule has 0 bridgehead atoms. The third-order valence-corrected chi connectivity index (χ3v) is 4.95. The lowest BCUT2D eigenvalue weighted by atomic mass is 9.71. The van der Waals surface area contributed by atoms with Crippen molar-refractivity contribution in [1.29, 1.82) is 0 Å². The standard InChI is InChI=1S/C17H27NO/c1-2-4-13-6-7-14(12-18-15-8-9-15)16(11-13)17-5-3-10-19-17/h3,5,10,13-16,18H,2,4,6-9,11-12H2,1H3. The van der Waals surface area contributed by atoms with E-state index in [-0.39, 0.29) is 0 Å². The second-order valence-electron chi connectivity index (χ2n) is 6.53. The number of furan rings is 1. The lowest BCUT2D eigenvalue weighted by Gasteiger charge is -2.35. The van der Waals surface area contributed by atoms with Gasteiger partial charge in [-0.2, -0.15) is 0 Å². The van der Waals surface area contributed by atoms with E-state index in [1.807, 2.05) is 12.3 Å². The van der Waals surface area contributed by atoms with Crippen LogP contribution in [0.4, 0.5) is 0 Å². The highest BCUT2D eigenvalue weighted by atomic mass is 16.3. The van der Waals surface area contributed by atoms with Crippen LogP contribution in [0.1, 0.15) is 63.5 Å². The van der Waals surface area contributed by atoms with E-state index in [1.165, 1.54) is 57.3 Å². The van der Waals surface area contributed by atoms with Gasteiger partial charge in [-0.05, 0) is 56.2 Å². The summed E-state index contributed by atoms with van der Waals surface area (Å²) in [6, 6.07) is 5.05. The number of hydrogen-bond acceptors (Lipinski definition) is 2. The first-order valence-corrected chi connectivity index (χ1v) is 8.13. The topological polar surface area (TPSA) is 25.2 Å². The van der Waals surface area contributed by atoms with Crippen LogP contribution < -0.4 is 5.32 Å². The molecule has 1 aromatic heterocycles. The van der Waals surface area contributed by atoms with Gasteiger partial charge in [-0.3, -0.25) is 0 Å². The Bertz CT molecular complexity index is 369. The van der Waals surface area contributed by atoms with Gasteiger partial charge >= 0.3 is 0 Å². The van der Waals surface area contributed by atoms with E-state index in [0.717, 1.165) is 17.9 Å². The first kappa shape index (κ1) is 13.2. The van der Waals surface area contributed by atoms with E-state index in [1.54, 1.807) is 0 Å². The SMILES string of the molecule is CCCC1CCC(CNC2CC2)C(c2ccco2)C1. The van der Waals surface area contributed by atoms with Gasteiger partial charge in [0.2, 0.25) is 0 Å². The van der Waals surface area contributed by atoms with Gasteiger partial charge in [0.25, 0.3) is 0 Å². The van der Waals surface area contributed by atoms with E-state index in [9.17, 15) is 0 Å². The minimum Gasteiger partial charge on any atom is -0.469 e. The molecule has 2 aliphatic carbocycles. The average Bonchev–Trinajstić information content (AvgIpc) is 3.10. The molecular formula is C17H27NO. The van der Waals surface area contributed by atoms with Crippen molar-refractivity contribution in [2.45, 2.75) is 63.8 Å². The molecule has 1 aromatic rings. The molecule has 0 saturated heterocycles. The molecule has 2 fully saturated rings. The smallest absolute Gasteiger partial charge is 0.107 e. The molecule has 3 atom stereocenters. The molecule has 2 nitrogen and oxygen atoms in total. The third-order valence-electron chi connectivity index (χ3n) is 4.95. The normalized spacial score (nSPS) is 31.5. The Morgan fingerprint density at radius 1 is 1.26 bits per heavy atom. The van der Waals surface area contributed by atoms with Gasteiger partial charge in [0, 0.05) is 12.0 Å². The summed E-state index contributed by atoms with van der Waals surface area (Å²) in [5, 5.41) is 3.72. The Morgan fingerprint density at radius 2 is 2.16 bits per heavy atom. The lowest BCUT2D eigenvalue weighted by molar-refractivity contribution is 0.200. The summed E-state index contributed by atoms with van der Waals surface area (Å²) in [6.45, 7) is 3.50. The Labute approximate surface area is 117 Å². The van der Waals surface area contributed by atoms with E-state index in [0.29, 0.717) is 5.92 Å². The number of hydrogen-bond donors (Lipinski definition) is 1.